The van der Waals surface area contributed by atoms with Gasteiger partial charge in [0.15, 0.2) is 0 Å². The minimum Gasteiger partial charge on any atom is -0.870 e. The Kier molecular flexibility index (Phi) is 17.7. The molecule has 4 aromatic carbocycles. The summed E-state index contributed by atoms with van der Waals surface area (Å²) in [6.07, 6.45) is 0. The van der Waals surface area contributed by atoms with Crippen molar-refractivity contribution in [2.45, 2.75) is 19.6 Å². The predicted molar refractivity (Wildman–Crippen MR) is 143 cm³/mol. The Morgan fingerprint density at radius 1 is 0.562 bits per heavy atom. The summed E-state index contributed by atoms with van der Waals surface area (Å²) in [5, 5.41) is 26.0. The molecule has 4 aromatic rings. The quantitative estimate of drug-likeness (QED) is 0.0727. The van der Waals surface area contributed by atoms with Gasteiger partial charge in [-0.25, -0.2) is 25.3 Å². The van der Waals surface area contributed by atoms with E-state index in [9.17, 15) is 57.0 Å². The zero-order valence-electron chi connectivity index (χ0n) is 25.1. The van der Waals surface area contributed by atoms with Crippen molar-refractivity contribution in [1.29, 1.82) is 0 Å². The Morgan fingerprint density at radius 3 is 1.33 bits per heavy atom. The summed E-state index contributed by atoms with van der Waals surface area (Å²) in [5.74, 6) is -1.47. The normalized spacial score (nSPS) is 12.2. The van der Waals surface area contributed by atoms with E-state index >= 15 is 0 Å². The molecule has 4 rings (SSSR count). The van der Waals surface area contributed by atoms with E-state index < -0.39 is 105 Å². The first-order valence-corrected chi connectivity index (χ1v) is 16.8. The first-order valence-electron chi connectivity index (χ1n) is 11.2. The maximum absolute atomic E-state index is 13.5. The Labute approximate surface area is 361 Å². The summed E-state index contributed by atoms with van der Waals surface area (Å²) in [6, 6.07) is 9.42. The SMILES string of the molecule is Nc1c(N=Nc2ccccc2S(=O)(=O)[O-])c(S(=O)(=O)[O-])cc2cc(S(=O)(=O)O)c(N=Nc3ccccc3S(=O)(=O)[O-])c([O-])c12.[Na+].[Na+].[Na+].[Na+]. The van der Waals surface area contributed by atoms with Crippen LogP contribution >= 0.6 is 0 Å². The van der Waals surface area contributed by atoms with Crippen LogP contribution in [0, 0.1) is 0 Å². The van der Waals surface area contributed by atoms with E-state index in [-0.39, 0.29) is 118 Å². The monoisotopic (exact) mass is 775 g/mol. The molecule has 0 spiro atoms. The van der Waals surface area contributed by atoms with Gasteiger partial charge in [-0.1, -0.05) is 30.0 Å². The van der Waals surface area contributed by atoms with Gasteiger partial charge in [-0.15, -0.1) is 20.5 Å². The van der Waals surface area contributed by atoms with Crippen molar-refractivity contribution in [3.8, 4) is 5.75 Å². The maximum Gasteiger partial charge on any atom is 1.00 e. The molecule has 0 heterocycles. The van der Waals surface area contributed by atoms with E-state index in [0.717, 1.165) is 30.3 Å². The van der Waals surface area contributed by atoms with E-state index in [0.29, 0.717) is 12.1 Å². The summed E-state index contributed by atoms with van der Waals surface area (Å²) in [4.78, 5) is -4.34. The molecule has 0 unspecified atom stereocenters. The van der Waals surface area contributed by atoms with Crippen LogP contribution in [0.4, 0.5) is 28.4 Å². The van der Waals surface area contributed by atoms with Gasteiger partial charge in [0.1, 0.15) is 52.3 Å². The molecule has 0 aliphatic rings. The van der Waals surface area contributed by atoms with Crippen LogP contribution in [0.1, 0.15) is 0 Å². The number of benzene rings is 4. The Morgan fingerprint density at radius 2 is 0.938 bits per heavy atom. The first kappa shape index (κ1) is 47.6. The summed E-state index contributed by atoms with van der Waals surface area (Å²) in [7, 11) is -21.1. The molecule has 0 aromatic heterocycles. The minimum atomic E-state index is -5.53. The van der Waals surface area contributed by atoms with Gasteiger partial charge in [0.05, 0.1) is 26.1 Å². The van der Waals surface area contributed by atoms with Crippen molar-refractivity contribution >= 4 is 79.7 Å². The third kappa shape index (κ3) is 10.8. The molecule has 0 atom stereocenters. The molecule has 0 aliphatic carbocycles. The number of hydrogen-bond acceptors (Lipinski definition) is 17. The Balaban J connectivity index is 0.00000552. The molecule has 0 saturated heterocycles. The molecule has 0 amide bonds. The summed E-state index contributed by atoms with van der Waals surface area (Å²) in [6.45, 7) is 0. The van der Waals surface area contributed by atoms with Gasteiger partial charge in [-0.3, -0.25) is 4.55 Å². The third-order valence-corrected chi connectivity index (χ3v) is 9.11. The van der Waals surface area contributed by atoms with Crippen LogP contribution in [0.5, 0.6) is 5.75 Å². The van der Waals surface area contributed by atoms with E-state index in [1.165, 1.54) is 18.2 Å². The zero-order valence-corrected chi connectivity index (χ0v) is 36.4. The van der Waals surface area contributed by atoms with Crippen LogP contribution in [0.15, 0.2) is 101 Å². The van der Waals surface area contributed by atoms with Gasteiger partial charge >= 0.3 is 118 Å². The summed E-state index contributed by atoms with van der Waals surface area (Å²) >= 11 is 0. The van der Waals surface area contributed by atoms with Gasteiger partial charge in [0.2, 0.25) is 0 Å². The molecule has 26 heteroatoms. The second-order valence-electron chi connectivity index (χ2n) is 8.46. The third-order valence-electron chi connectivity index (χ3n) is 5.63. The van der Waals surface area contributed by atoms with Crippen LogP contribution in [-0.2, 0) is 40.5 Å². The fourth-order valence-corrected chi connectivity index (χ4v) is 6.32. The fourth-order valence-electron chi connectivity index (χ4n) is 3.79. The molecule has 0 bridgehead atoms. The zero-order chi connectivity index (χ0) is 32.8. The van der Waals surface area contributed by atoms with Crippen molar-refractivity contribution < 1.29 is 175 Å². The van der Waals surface area contributed by atoms with E-state index in [4.69, 9.17) is 5.73 Å². The van der Waals surface area contributed by atoms with Crippen molar-refractivity contribution in [3.05, 3.63) is 60.7 Å². The first-order chi connectivity index (χ1) is 20.2. The minimum absolute atomic E-state index is 0. The van der Waals surface area contributed by atoms with Crippen LogP contribution in [0.2, 0.25) is 0 Å². The van der Waals surface area contributed by atoms with E-state index in [1.807, 2.05) is 0 Å². The molecule has 0 saturated carbocycles. The fraction of sp³-hybridized carbons (Fsp3) is 0. The number of anilines is 1. The smallest absolute Gasteiger partial charge is 0.870 e. The Hall–Kier alpha value is -0.420. The van der Waals surface area contributed by atoms with Gasteiger partial charge in [-0.2, -0.15) is 8.42 Å². The molecule has 0 aliphatic heterocycles. The summed E-state index contributed by atoms with van der Waals surface area (Å²) < 4.78 is 140. The largest absolute Gasteiger partial charge is 1.00 e. The van der Waals surface area contributed by atoms with Gasteiger partial charge in [0, 0.05) is 5.39 Å². The average molecular weight is 776 g/mol. The van der Waals surface area contributed by atoms with Crippen LogP contribution < -0.4 is 129 Å². The van der Waals surface area contributed by atoms with Crippen LogP contribution in [0.25, 0.3) is 10.8 Å². The van der Waals surface area contributed by atoms with Gasteiger partial charge < -0.3 is 24.5 Å². The molecule has 232 valence electrons. The van der Waals surface area contributed by atoms with Crippen molar-refractivity contribution in [3.63, 3.8) is 0 Å². The molecule has 48 heavy (non-hydrogen) atoms. The number of rotatable bonds is 8. The number of hydrogen-bond donors (Lipinski definition) is 2. The van der Waals surface area contributed by atoms with E-state index in [2.05, 4.69) is 20.5 Å². The van der Waals surface area contributed by atoms with Crippen LogP contribution in [0.3, 0.4) is 0 Å². The standard InChI is InChI=1S/C22H17N5O13S4.4Na/c23-19-18-11(9-16(43(35,36)37)20(19)26-24-12-5-1-3-7-14(12)41(29,30)31)10-17(44(38,39)40)21(22(18)28)27-25-13-6-2-4-8-15(13)42(32,33)34;;;;/h1-10,28H,23H2,(H,29,30,31)(H,32,33,34)(H,35,36,37)(H,38,39,40);;;;/q;4*+1/p-4. The van der Waals surface area contributed by atoms with Gasteiger partial charge in [0.25, 0.3) is 10.1 Å². The van der Waals surface area contributed by atoms with Crippen molar-refractivity contribution in [2.24, 2.45) is 20.5 Å². The topological polar surface area (TPSA) is 324 Å². The Bertz CT molecular complexity index is 2210. The predicted octanol–water partition coefficient (Wildman–Crippen LogP) is -9.70. The molecule has 18 nitrogen and oxygen atoms in total. The average Bonchev–Trinajstić information content (AvgIpc) is 2.89. The van der Waals surface area contributed by atoms with Crippen molar-refractivity contribution in [1.82, 2.24) is 0 Å². The van der Waals surface area contributed by atoms with Crippen molar-refractivity contribution in [2.75, 3.05) is 5.73 Å². The number of nitrogens with zero attached hydrogens (tertiary/aromatic N) is 4. The molecule has 0 fully saturated rings. The van der Waals surface area contributed by atoms with Gasteiger partial charge in [-0.05, 0) is 41.8 Å². The second-order valence-corrected chi connectivity index (χ2v) is 13.9. The number of azo groups is 2. The number of nitrogen functional groups attached to an aromatic ring is 1. The van der Waals surface area contributed by atoms with Crippen LogP contribution in [-0.4, -0.2) is 51.9 Å². The maximum atomic E-state index is 13.5. The van der Waals surface area contributed by atoms with E-state index in [1.54, 1.807) is 0 Å². The second kappa shape index (κ2) is 17.9. The number of nitrogens with two attached hydrogens (primary N) is 1. The molecular formula is C22H13N5Na4O13S4. The number of fused-ring (bicyclic) bond motifs is 1. The summed E-state index contributed by atoms with van der Waals surface area (Å²) in [5.41, 5.74) is 1.61. The molecular weight excluding hydrogens is 762 g/mol. The molecule has 3 N–H and O–H groups in total. The molecule has 0 radical (unpaired) electrons.